The molecule has 0 aromatic heterocycles. The fraction of sp³-hybridized carbons (Fsp3) is 0.526. The molecule has 2 heterocycles. The number of carbonyl (C=O) groups excluding carboxylic acids is 3. The fourth-order valence-corrected chi connectivity index (χ4v) is 3.86. The molecule has 0 aliphatic carbocycles. The van der Waals surface area contributed by atoms with Crippen LogP contribution >= 0.6 is 0 Å². The Labute approximate surface area is 148 Å². The number of hydrogen-bond donors (Lipinski definition) is 2. The van der Waals surface area contributed by atoms with Crippen molar-refractivity contribution in [3.05, 3.63) is 35.4 Å². The molecule has 0 saturated carbocycles. The Hall–Kier alpha value is -2.21. The van der Waals surface area contributed by atoms with Crippen molar-refractivity contribution in [2.45, 2.75) is 38.6 Å². The van der Waals surface area contributed by atoms with Gasteiger partial charge in [-0.05, 0) is 25.5 Å². The molecule has 3 amide bonds. The zero-order valence-corrected chi connectivity index (χ0v) is 14.7. The summed E-state index contributed by atoms with van der Waals surface area (Å²) in [4.78, 5) is 39.4. The van der Waals surface area contributed by atoms with Crippen LogP contribution in [0.15, 0.2) is 24.3 Å². The molecule has 0 radical (unpaired) electrons. The Bertz CT molecular complexity index is 639. The minimum Gasteiger partial charge on any atom is -0.350 e. The SMILES string of the molecule is CC[NH+]1CCC[C@H]1CNC(=O)CCCN1C(=O)c2ccccc2C1=O. The van der Waals surface area contributed by atoms with Gasteiger partial charge in [0.15, 0.2) is 0 Å². The number of hydrogen-bond acceptors (Lipinski definition) is 3. The van der Waals surface area contributed by atoms with Crippen molar-refractivity contribution in [3.8, 4) is 0 Å². The van der Waals surface area contributed by atoms with Gasteiger partial charge in [0.1, 0.15) is 6.04 Å². The van der Waals surface area contributed by atoms with Gasteiger partial charge < -0.3 is 10.2 Å². The van der Waals surface area contributed by atoms with Crippen LogP contribution in [0.5, 0.6) is 0 Å². The molecule has 3 rings (SSSR count). The Morgan fingerprint density at radius 1 is 1.24 bits per heavy atom. The van der Waals surface area contributed by atoms with E-state index in [-0.39, 0.29) is 24.3 Å². The van der Waals surface area contributed by atoms with Crippen molar-refractivity contribution in [2.75, 3.05) is 26.2 Å². The van der Waals surface area contributed by atoms with Crippen molar-refractivity contribution in [3.63, 3.8) is 0 Å². The molecule has 2 aliphatic rings. The topological polar surface area (TPSA) is 70.9 Å². The molecule has 0 spiro atoms. The fourth-order valence-electron chi connectivity index (χ4n) is 3.86. The van der Waals surface area contributed by atoms with Gasteiger partial charge in [-0.25, -0.2) is 0 Å². The van der Waals surface area contributed by atoms with Crippen LogP contribution in [-0.2, 0) is 4.79 Å². The largest absolute Gasteiger partial charge is 0.350 e. The van der Waals surface area contributed by atoms with E-state index in [0.717, 1.165) is 13.1 Å². The first-order valence-corrected chi connectivity index (χ1v) is 9.18. The van der Waals surface area contributed by atoms with Crippen LogP contribution in [0.1, 0.15) is 53.3 Å². The summed E-state index contributed by atoms with van der Waals surface area (Å²) in [5, 5.41) is 3.01. The van der Waals surface area contributed by atoms with Crippen molar-refractivity contribution < 1.29 is 19.3 Å². The second kappa shape index (κ2) is 7.78. The number of nitrogens with one attached hydrogen (secondary N) is 2. The summed E-state index contributed by atoms with van der Waals surface area (Å²) < 4.78 is 0. The summed E-state index contributed by atoms with van der Waals surface area (Å²) in [6.07, 6.45) is 3.22. The van der Waals surface area contributed by atoms with E-state index in [1.54, 1.807) is 29.2 Å². The molecule has 1 saturated heterocycles. The molecule has 1 unspecified atom stereocenters. The number of likely N-dealkylation sites (tertiary alicyclic amines) is 1. The summed E-state index contributed by atoms with van der Waals surface area (Å²) in [5.41, 5.74) is 0.918. The molecule has 2 atom stereocenters. The Balaban J connectivity index is 1.42. The highest BCUT2D eigenvalue weighted by atomic mass is 16.2. The van der Waals surface area contributed by atoms with Gasteiger partial charge in [0.2, 0.25) is 5.91 Å². The molecule has 0 bridgehead atoms. The highest BCUT2D eigenvalue weighted by Gasteiger charge is 2.34. The van der Waals surface area contributed by atoms with Gasteiger partial charge in [-0.1, -0.05) is 12.1 Å². The Morgan fingerprint density at radius 3 is 2.56 bits per heavy atom. The van der Waals surface area contributed by atoms with Gasteiger partial charge in [0.05, 0.1) is 30.8 Å². The summed E-state index contributed by atoms with van der Waals surface area (Å²) in [5.74, 6) is -0.512. The number of benzene rings is 1. The third kappa shape index (κ3) is 3.74. The number of imide groups is 1. The van der Waals surface area contributed by atoms with E-state index >= 15 is 0 Å². The van der Waals surface area contributed by atoms with Gasteiger partial charge in [-0.15, -0.1) is 0 Å². The predicted molar refractivity (Wildman–Crippen MR) is 93.4 cm³/mol. The molecular weight excluding hydrogens is 318 g/mol. The number of fused-ring (bicyclic) bond motifs is 1. The lowest BCUT2D eigenvalue weighted by Gasteiger charge is -2.20. The second-order valence-electron chi connectivity index (χ2n) is 6.82. The van der Waals surface area contributed by atoms with Gasteiger partial charge in [0.25, 0.3) is 11.8 Å². The third-order valence-electron chi connectivity index (χ3n) is 5.29. The second-order valence-corrected chi connectivity index (χ2v) is 6.82. The molecule has 1 fully saturated rings. The monoisotopic (exact) mass is 344 g/mol. The molecular formula is C19H26N3O3+. The average molecular weight is 344 g/mol. The predicted octanol–water partition coefficient (Wildman–Crippen LogP) is 0.246. The van der Waals surface area contributed by atoms with E-state index < -0.39 is 0 Å². The minimum atomic E-state index is -0.255. The first-order chi connectivity index (χ1) is 12.1. The van der Waals surface area contributed by atoms with Crippen molar-refractivity contribution in [1.29, 1.82) is 0 Å². The summed E-state index contributed by atoms with van der Waals surface area (Å²) in [6, 6.07) is 7.37. The smallest absolute Gasteiger partial charge is 0.261 e. The van der Waals surface area contributed by atoms with E-state index in [1.165, 1.54) is 24.3 Å². The van der Waals surface area contributed by atoms with Gasteiger partial charge in [0, 0.05) is 25.8 Å². The third-order valence-corrected chi connectivity index (χ3v) is 5.29. The first-order valence-electron chi connectivity index (χ1n) is 9.18. The number of carbonyl (C=O) groups is 3. The lowest BCUT2D eigenvalue weighted by molar-refractivity contribution is -0.909. The molecule has 6 nitrogen and oxygen atoms in total. The van der Waals surface area contributed by atoms with Crippen LogP contribution in [0.3, 0.4) is 0 Å². The van der Waals surface area contributed by atoms with Crippen LogP contribution in [-0.4, -0.2) is 54.8 Å². The Morgan fingerprint density at radius 2 is 1.92 bits per heavy atom. The molecule has 1 aromatic rings. The molecule has 1 aromatic carbocycles. The van der Waals surface area contributed by atoms with Crippen molar-refractivity contribution in [1.82, 2.24) is 10.2 Å². The zero-order valence-electron chi connectivity index (χ0n) is 14.7. The van der Waals surface area contributed by atoms with Crippen molar-refractivity contribution >= 4 is 17.7 Å². The van der Waals surface area contributed by atoms with Crippen LogP contribution in [0.2, 0.25) is 0 Å². The number of amides is 3. The van der Waals surface area contributed by atoms with E-state index in [2.05, 4.69) is 12.2 Å². The highest BCUT2D eigenvalue weighted by Crippen LogP contribution is 2.22. The average Bonchev–Trinajstić information content (AvgIpc) is 3.18. The normalized spacial score (nSPS) is 22.4. The number of likely N-dealkylation sites (N-methyl/N-ethyl adjacent to an activating group) is 1. The van der Waals surface area contributed by atoms with Crippen LogP contribution in [0.25, 0.3) is 0 Å². The van der Waals surface area contributed by atoms with Crippen LogP contribution < -0.4 is 10.2 Å². The molecule has 2 N–H and O–H groups in total. The molecule has 2 aliphatic heterocycles. The quantitative estimate of drug-likeness (QED) is 0.697. The van der Waals surface area contributed by atoms with E-state index in [0.29, 0.717) is 30.0 Å². The number of quaternary nitrogens is 1. The van der Waals surface area contributed by atoms with E-state index in [4.69, 9.17) is 0 Å². The van der Waals surface area contributed by atoms with E-state index in [9.17, 15) is 14.4 Å². The maximum absolute atomic E-state index is 12.3. The first kappa shape index (κ1) is 17.6. The highest BCUT2D eigenvalue weighted by molar-refractivity contribution is 6.21. The number of nitrogens with zero attached hydrogens (tertiary/aromatic N) is 1. The summed E-state index contributed by atoms with van der Waals surface area (Å²) >= 11 is 0. The Kier molecular flexibility index (Phi) is 5.48. The van der Waals surface area contributed by atoms with E-state index in [1.807, 2.05) is 0 Å². The maximum atomic E-state index is 12.3. The lowest BCUT2D eigenvalue weighted by Crippen LogP contribution is -3.14. The summed E-state index contributed by atoms with van der Waals surface area (Å²) in [6.45, 7) is 5.47. The van der Waals surface area contributed by atoms with Crippen molar-refractivity contribution in [2.24, 2.45) is 0 Å². The lowest BCUT2D eigenvalue weighted by atomic mass is 10.1. The standard InChI is InChI=1S/C19H25N3O3/c1-2-21-11-5-7-14(21)13-20-17(23)10-6-12-22-18(24)15-8-3-4-9-16(15)19(22)25/h3-4,8-9,14H,2,5-7,10-13H2,1H3,(H,20,23)/p+1/t14-/m0/s1. The van der Waals surface area contributed by atoms with Gasteiger partial charge >= 0.3 is 0 Å². The molecule has 25 heavy (non-hydrogen) atoms. The maximum Gasteiger partial charge on any atom is 0.261 e. The summed E-state index contributed by atoms with van der Waals surface area (Å²) in [7, 11) is 0. The van der Waals surface area contributed by atoms with Gasteiger partial charge in [-0.2, -0.15) is 0 Å². The molecule has 6 heteroatoms. The van der Waals surface area contributed by atoms with Crippen LogP contribution in [0, 0.1) is 0 Å². The van der Waals surface area contributed by atoms with Crippen LogP contribution in [0.4, 0.5) is 0 Å². The zero-order chi connectivity index (χ0) is 17.8. The van der Waals surface area contributed by atoms with Gasteiger partial charge in [-0.3, -0.25) is 19.3 Å². The number of rotatable bonds is 7. The molecule has 134 valence electrons. The minimum absolute atomic E-state index is 0.000961.